The third kappa shape index (κ3) is 76.2. The molecule has 0 aliphatic heterocycles. The molecule has 0 saturated carbocycles. The number of unbranched alkanes of at least 4 members (excludes halogenated alkanes) is 36. The zero-order chi connectivity index (χ0) is 76.0. The van der Waals surface area contributed by atoms with Crippen molar-refractivity contribution >= 4 is 39.5 Å². The van der Waals surface area contributed by atoms with Crippen LogP contribution in [0.1, 0.15) is 362 Å². The van der Waals surface area contributed by atoms with Crippen LogP contribution in [0.5, 0.6) is 0 Å². The lowest BCUT2D eigenvalue weighted by Crippen LogP contribution is -2.30. The second-order valence-corrected chi connectivity index (χ2v) is 30.6. The van der Waals surface area contributed by atoms with Crippen molar-refractivity contribution in [2.75, 3.05) is 39.6 Å². The lowest BCUT2D eigenvalue weighted by molar-refractivity contribution is -0.161. The van der Waals surface area contributed by atoms with Crippen LogP contribution in [0, 0.1) is 0 Å². The number of ether oxygens (including phenoxy) is 4. The Labute approximate surface area is 633 Å². The summed E-state index contributed by atoms with van der Waals surface area (Å²) in [5.74, 6) is -2.27. The Morgan fingerprint density at radius 3 is 0.817 bits per heavy atom. The van der Waals surface area contributed by atoms with E-state index in [0.717, 1.165) is 141 Å². The van der Waals surface area contributed by atoms with E-state index in [1.807, 2.05) is 18.2 Å². The van der Waals surface area contributed by atoms with Gasteiger partial charge in [-0.3, -0.25) is 37.3 Å². The van der Waals surface area contributed by atoms with E-state index in [1.54, 1.807) is 0 Å². The number of aliphatic hydroxyl groups excluding tert-OH is 1. The number of hydrogen-bond acceptors (Lipinski definition) is 15. The van der Waals surface area contributed by atoms with Gasteiger partial charge in [-0.2, -0.15) is 0 Å². The smallest absolute Gasteiger partial charge is 0.462 e. The molecule has 0 rings (SSSR count). The van der Waals surface area contributed by atoms with Gasteiger partial charge in [0.15, 0.2) is 12.2 Å². The van der Waals surface area contributed by atoms with E-state index in [9.17, 15) is 43.2 Å². The van der Waals surface area contributed by atoms with Crippen LogP contribution in [0.3, 0.4) is 0 Å². The summed E-state index contributed by atoms with van der Waals surface area (Å²) in [5.41, 5.74) is 0. The molecule has 0 radical (unpaired) electrons. The third-order valence-electron chi connectivity index (χ3n) is 17.5. The van der Waals surface area contributed by atoms with Crippen molar-refractivity contribution in [2.24, 2.45) is 0 Å². The van der Waals surface area contributed by atoms with Crippen molar-refractivity contribution in [1.29, 1.82) is 0 Å². The van der Waals surface area contributed by atoms with Crippen molar-refractivity contribution < 1.29 is 80.2 Å². The molecule has 17 nitrogen and oxygen atoms in total. The van der Waals surface area contributed by atoms with Crippen molar-refractivity contribution in [1.82, 2.24) is 0 Å². The first kappa shape index (κ1) is 100.0. The van der Waals surface area contributed by atoms with Gasteiger partial charge in [0.05, 0.1) is 26.4 Å². The molecule has 0 bridgehead atoms. The zero-order valence-corrected chi connectivity index (χ0v) is 67.7. The first-order valence-corrected chi connectivity index (χ1v) is 44.5. The van der Waals surface area contributed by atoms with Gasteiger partial charge in [-0.25, -0.2) is 9.13 Å². The summed E-state index contributed by atoms with van der Waals surface area (Å²) < 4.78 is 68.6. The van der Waals surface area contributed by atoms with Gasteiger partial charge < -0.3 is 33.8 Å². The quantitative estimate of drug-likeness (QED) is 0.0169. The number of allylic oxidation sites excluding steroid dienone is 16. The fourth-order valence-corrected chi connectivity index (χ4v) is 12.7. The van der Waals surface area contributed by atoms with E-state index in [2.05, 4.69) is 107 Å². The van der Waals surface area contributed by atoms with Gasteiger partial charge in [-0.15, -0.1) is 0 Å². The van der Waals surface area contributed by atoms with Gasteiger partial charge in [0.2, 0.25) is 0 Å². The van der Waals surface area contributed by atoms with Crippen LogP contribution in [0.25, 0.3) is 0 Å². The lowest BCUT2D eigenvalue weighted by atomic mass is 10.1. The van der Waals surface area contributed by atoms with Crippen molar-refractivity contribution in [2.45, 2.75) is 380 Å². The van der Waals surface area contributed by atoms with Crippen LogP contribution < -0.4 is 0 Å². The highest BCUT2D eigenvalue weighted by molar-refractivity contribution is 7.47. The molecule has 0 fully saturated rings. The normalized spacial score (nSPS) is 14.3. The highest BCUT2D eigenvalue weighted by atomic mass is 31.2. The molecule has 0 heterocycles. The molecule has 104 heavy (non-hydrogen) atoms. The number of carbonyl (C=O) groups excluding carboxylic acids is 4. The molecular weight excluding hydrogens is 1350 g/mol. The maximum absolute atomic E-state index is 13.1. The number of esters is 4. The first-order valence-electron chi connectivity index (χ1n) is 41.5. The summed E-state index contributed by atoms with van der Waals surface area (Å²) in [6, 6.07) is 0. The van der Waals surface area contributed by atoms with E-state index >= 15 is 0 Å². The van der Waals surface area contributed by atoms with E-state index in [1.165, 1.54) is 135 Å². The molecule has 0 spiro atoms. The molecule has 0 aliphatic carbocycles. The minimum absolute atomic E-state index is 0.0286. The standard InChI is InChI=1S/C85H150O17P2/c1-5-9-13-17-21-25-29-33-37-38-39-40-44-48-52-56-60-64-68-72-85(90)102-81(76-96-83(88)70-66-62-58-54-50-46-42-35-31-27-23-19-15-11-7-3)78-100-104(93,94)98-74-79(86)73-97-103(91,92)99-77-80(101-84(89)71-67-63-59-55-51-47-43-36-32-28-24-20-16-12-8-4)75-95-82(87)69-65-61-57-53-49-45-41-34-30-26-22-18-14-10-6-2/h21,25-27,30-31,33,36-37,39-40,43,48,52,60,64,79-81,86H,5-20,22-24,28-29,32,34-35,38,41-42,44-47,49-51,53-59,61-63,65-78H2,1-4H3,(H,91,92)(H,93,94)/b25-21-,30-26-,31-27-,37-33-,40-39-,43-36-,52-48-,64-60-/t79-,80+,81+/m0/s1. The fourth-order valence-electron chi connectivity index (χ4n) is 11.1. The summed E-state index contributed by atoms with van der Waals surface area (Å²) in [6.07, 6.45) is 82.4. The molecule has 0 amide bonds. The van der Waals surface area contributed by atoms with Gasteiger partial charge in [0, 0.05) is 25.7 Å². The minimum atomic E-state index is -5.00. The van der Waals surface area contributed by atoms with E-state index in [0.29, 0.717) is 32.1 Å². The average molecular weight is 1510 g/mol. The van der Waals surface area contributed by atoms with Gasteiger partial charge >= 0.3 is 39.5 Å². The van der Waals surface area contributed by atoms with Crippen LogP contribution in [0.15, 0.2) is 97.2 Å². The molecular formula is C85H150O17P2. The van der Waals surface area contributed by atoms with Crippen LogP contribution in [0.2, 0.25) is 0 Å². The third-order valence-corrected chi connectivity index (χ3v) is 19.4. The molecule has 3 N–H and O–H groups in total. The first-order chi connectivity index (χ1) is 50.7. The second kappa shape index (κ2) is 77.1. The Bertz CT molecular complexity index is 2350. The molecule has 0 saturated heterocycles. The van der Waals surface area contributed by atoms with Gasteiger partial charge in [0.1, 0.15) is 19.3 Å². The predicted molar refractivity (Wildman–Crippen MR) is 427 cm³/mol. The van der Waals surface area contributed by atoms with Crippen molar-refractivity contribution in [3.63, 3.8) is 0 Å². The number of hydrogen-bond donors (Lipinski definition) is 3. The highest BCUT2D eigenvalue weighted by Gasteiger charge is 2.30. The maximum atomic E-state index is 13.1. The minimum Gasteiger partial charge on any atom is -0.462 e. The SMILES string of the molecule is CCCCC/C=C\C/C=C\C/C=C\C/C=C\C/C=C\CCC(=O)O[C@H](COC(=O)CCCCCCCCC/C=C\CCCCCC)COP(=O)(O)OC[C@@H](O)COP(=O)(O)OC[C@@H](COC(=O)CCCCCCCCC/C=C\CCCCCC)OC(=O)CCCCCCC/C=C\CCCCCCCC. The van der Waals surface area contributed by atoms with Gasteiger partial charge in [0.25, 0.3) is 0 Å². The van der Waals surface area contributed by atoms with Gasteiger partial charge in [-0.05, 0) is 141 Å². The molecule has 0 aromatic rings. The Balaban J connectivity index is 5.43. The van der Waals surface area contributed by atoms with Crippen molar-refractivity contribution in [3.8, 4) is 0 Å². The van der Waals surface area contributed by atoms with Crippen LogP contribution in [-0.4, -0.2) is 96.7 Å². The van der Waals surface area contributed by atoms with Crippen LogP contribution in [-0.2, 0) is 65.4 Å². The Kier molecular flexibility index (Phi) is 74.2. The molecule has 0 aromatic heterocycles. The van der Waals surface area contributed by atoms with Crippen molar-refractivity contribution in [3.05, 3.63) is 97.2 Å². The number of aliphatic hydroxyl groups is 1. The molecule has 0 aromatic carbocycles. The average Bonchev–Trinajstić information content (AvgIpc) is 0.943. The molecule has 5 atom stereocenters. The Morgan fingerprint density at radius 2 is 0.490 bits per heavy atom. The van der Waals surface area contributed by atoms with E-state index in [4.69, 9.17) is 37.0 Å². The van der Waals surface area contributed by atoms with Gasteiger partial charge in [-0.1, -0.05) is 292 Å². The topological polar surface area (TPSA) is 237 Å². The maximum Gasteiger partial charge on any atom is 0.472 e. The molecule has 602 valence electrons. The Morgan fingerprint density at radius 1 is 0.269 bits per heavy atom. The Hall–Kier alpha value is -4.02. The van der Waals surface area contributed by atoms with E-state index < -0.39 is 97.5 Å². The fraction of sp³-hybridized carbons (Fsp3) is 0.765. The number of rotatable bonds is 78. The van der Waals surface area contributed by atoms with Crippen LogP contribution >= 0.6 is 15.6 Å². The summed E-state index contributed by atoms with van der Waals surface area (Å²) in [5, 5.41) is 10.6. The zero-order valence-electron chi connectivity index (χ0n) is 65.9. The van der Waals surface area contributed by atoms with Crippen LogP contribution in [0.4, 0.5) is 0 Å². The number of phosphoric ester groups is 2. The number of carbonyl (C=O) groups is 4. The summed E-state index contributed by atoms with van der Waals surface area (Å²) >= 11 is 0. The predicted octanol–water partition coefficient (Wildman–Crippen LogP) is 24.3. The highest BCUT2D eigenvalue weighted by Crippen LogP contribution is 2.45. The summed E-state index contributed by atoms with van der Waals surface area (Å²) in [7, 11) is -9.98. The lowest BCUT2D eigenvalue weighted by Gasteiger charge is -2.21. The second-order valence-electron chi connectivity index (χ2n) is 27.7. The van der Waals surface area contributed by atoms with E-state index in [-0.39, 0.29) is 25.7 Å². The molecule has 19 heteroatoms. The molecule has 0 aliphatic rings. The summed E-state index contributed by atoms with van der Waals surface area (Å²) in [4.78, 5) is 73.1. The summed E-state index contributed by atoms with van der Waals surface area (Å²) in [6.45, 7) is 4.77. The monoisotopic (exact) mass is 1510 g/mol. The molecule has 2 unspecified atom stereocenters. The largest absolute Gasteiger partial charge is 0.472 e. The number of phosphoric acid groups is 2.